The summed E-state index contributed by atoms with van der Waals surface area (Å²) < 4.78 is 0. The minimum Gasteiger partial charge on any atom is -0.310 e. The monoisotopic (exact) mass is 281 g/mol. The SMILES string of the molecule is CSCCC(C)NCc1cn[nH]c1-c1cccs1. The summed E-state index contributed by atoms with van der Waals surface area (Å²) in [7, 11) is 0. The highest BCUT2D eigenvalue weighted by molar-refractivity contribution is 7.98. The normalized spacial score (nSPS) is 12.8. The van der Waals surface area contributed by atoms with Gasteiger partial charge in [0.05, 0.1) is 16.8 Å². The molecule has 2 rings (SSSR count). The first-order valence-electron chi connectivity index (χ1n) is 6.09. The van der Waals surface area contributed by atoms with Gasteiger partial charge in [0.2, 0.25) is 0 Å². The van der Waals surface area contributed by atoms with Crippen LogP contribution in [0.25, 0.3) is 10.6 Å². The van der Waals surface area contributed by atoms with Crippen molar-refractivity contribution in [3.8, 4) is 10.6 Å². The number of nitrogens with zero attached hydrogens (tertiary/aromatic N) is 1. The average molecular weight is 281 g/mol. The molecular weight excluding hydrogens is 262 g/mol. The van der Waals surface area contributed by atoms with E-state index in [1.807, 2.05) is 18.0 Å². The van der Waals surface area contributed by atoms with Crippen molar-refractivity contribution in [3.05, 3.63) is 29.3 Å². The Hall–Kier alpha value is -0.780. The quantitative estimate of drug-likeness (QED) is 0.817. The summed E-state index contributed by atoms with van der Waals surface area (Å²) in [4.78, 5) is 1.25. The number of thioether (sulfide) groups is 1. The van der Waals surface area contributed by atoms with E-state index < -0.39 is 0 Å². The lowest BCUT2D eigenvalue weighted by molar-refractivity contribution is 0.538. The zero-order valence-electron chi connectivity index (χ0n) is 10.8. The second-order valence-electron chi connectivity index (χ2n) is 4.31. The third-order valence-corrected chi connectivity index (χ3v) is 4.41. The Labute approximate surface area is 116 Å². The number of hydrogen-bond donors (Lipinski definition) is 2. The Morgan fingerprint density at radius 3 is 3.17 bits per heavy atom. The van der Waals surface area contributed by atoms with E-state index in [0.29, 0.717) is 6.04 Å². The fraction of sp³-hybridized carbons (Fsp3) is 0.462. The lowest BCUT2D eigenvalue weighted by Crippen LogP contribution is -2.26. The Morgan fingerprint density at radius 1 is 1.56 bits per heavy atom. The van der Waals surface area contributed by atoms with Crippen LogP contribution in [0.3, 0.4) is 0 Å². The van der Waals surface area contributed by atoms with Crippen molar-refractivity contribution in [1.29, 1.82) is 0 Å². The van der Waals surface area contributed by atoms with Crippen molar-refractivity contribution in [2.75, 3.05) is 12.0 Å². The van der Waals surface area contributed by atoms with E-state index in [1.54, 1.807) is 11.3 Å². The molecule has 0 fully saturated rings. The molecule has 98 valence electrons. The fourth-order valence-corrected chi connectivity index (χ4v) is 3.10. The smallest absolute Gasteiger partial charge is 0.0794 e. The van der Waals surface area contributed by atoms with E-state index in [-0.39, 0.29) is 0 Å². The van der Waals surface area contributed by atoms with Crippen LogP contribution in [-0.4, -0.2) is 28.2 Å². The molecule has 5 heteroatoms. The zero-order chi connectivity index (χ0) is 12.8. The molecule has 2 aromatic rings. The van der Waals surface area contributed by atoms with E-state index in [4.69, 9.17) is 0 Å². The topological polar surface area (TPSA) is 40.7 Å². The summed E-state index contributed by atoms with van der Waals surface area (Å²) in [6.45, 7) is 3.11. The number of H-pyrrole nitrogens is 1. The summed E-state index contributed by atoms with van der Waals surface area (Å²) in [6.07, 6.45) is 5.27. The first-order chi connectivity index (χ1) is 8.81. The maximum atomic E-state index is 4.16. The van der Waals surface area contributed by atoms with Crippen LogP contribution in [0.2, 0.25) is 0 Å². The number of aromatic amines is 1. The molecule has 3 nitrogen and oxygen atoms in total. The van der Waals surface area contributed by atoms with Crippen LogP contribution in [-0.2, 0) is 6.54 Å². The lowest BCUT2D eigenvalue weighted by Gasteiger charge is -2.12. The summed E-state index contributed by atoms with van der Waals surface area (Å²) >= 11 is 3.64. The summed E-state index contributed by atoms with van der Waals surface area (Å²) in [5.41, 5.74) is 2.39. The number of hydrogen-bond acceptors (Lipinski definition) is 4. The molecule has 0 aliphatic carbocycles. The minimum absolute atomic E-state index is 0.545. The Bertz CT molecular complexity index is 451. The van der Waals surface area contributed by atoms with Gasteiger partial charge in [-0.3, -0.25) is 5.10 Å². The molecule has 2 N–H and O–H groups in total. The average Bonchev–Trinajstić information content (AvgIpc) is 3.03. The predicted octanol–water partition coefficient (Wildman–Crippen LogP) is 3.37. The molecule has 1 unspecified atom stereocenters. The van der Waals surface area contributed by atoms with Crippen LogP contribution < -0.4 is 5.32 Å². The minimum atomic E-state index is 0.545. The summed E-state index contributed by atoms with van der Waals surface area (Å²) in [6, 6.07) is 4.74. The molecule has 0 aliphatic rings. The van der Waals surface area contributed by atoms with Gasteiger partial charge in [-0.1, -0.05) is 6.07 Å². The van der Waals surface area contributed by atoms with Crippen molar-refractivity contribution in [2.45, 2.75) is 25.9 Å². The molecule has 0 saturated heterocycles. The van der Waals surface area contributed by atoms with Gasteiger partial charge in [-0.05, 0) is 36.8 Å². The molecule has 0 amide bonds. The molecule has 18 heavy (non-hydrogen) atoms. The molecule has 1 atom stereocenters. The van der Waals surface area contributed by atoms with E-state index in [9.17, 15) is 0 Å². The molecule has 0 bridgehead atoms. The number of aromatic nitrogens is 2. The molecule has 0 saturated carbocycles. The molecular formula is C13H19N3S2. The van der Waals surface area contributed by atoms with Gasteiger partial charge in [-0.2, -0.15) is 16.9 Å². The summed E-state index contributed by atoms with van der Waals surface area (Å²) in [5, 5.41) is 12.9. The largest absolute Gasteiger partial charge is 0.310 e. The van der Waals surface area contributed by atoms with Gasteiger partial charge in [0.25, 0.3) is 0 Å². The Kier molecular flexibility index (Phi) is 5.28. The Balaban J connectivity index is 1.92. The van der Waals surface area contributed by atoms with Crippen LogP contribution in [0.4, 0.5) is 0 Å². The van der Waals surface area contributed by atoms with Gasteiger partial charge in [0, 0.05) is 18.2 Å². The molecule has 0 aliphatic heterocycles. The Morgan fingerprint density at radius 2 is 2.44 bits per heavy atom. The third kappa shape index (κ3) is 3.60. The van der Waals surface area contributed by atoms with E-state index in [2.05, 4.69) is 46.2 Å². The van der Waals surface area contributed by atoms with Gasteiger partial charge in [-0.25, -0.2) is 0 Å². The maximum absolute atomic E-state index is 4.16. The number of thiophene rings is 1. The standard InChI is InChI=1S/C13H19N3S2/c1-10(5-7-17-2)14-8-11-9-15-16-13(11)12-4-3-6-18-12/h3-4,6,9-10,14H,5,7-8H2,1-2H3,(H,15,16). The van der Waals surface area contributed by atoms with Crippen molar-refractivity contribution in [3.63, 3.8) is 0 Å². The van der Waals surface area contributed by atoms with Crippen molar-refractivity contribution in [1.82, 2.24) is 15.5 Å². The second-order valence-corrected chi connectivity index (χ2v) is 6.24. The van der Waals surface area contributed by atoms with Gasteiger partial charge in [0.1, 0.15) is 0 Å². The fourth-order valence-electron chi connectivity index (χ4n) is 1.76. The highest BCUT2D eigenvalue weighted by atomic mass is 32.2. The lowest BCUT2D eigenvalue weighted by atomic mass is 10.2. The van der Waals surface area contributed by atoms with Crippen LogP contribution in [0, 0.1) is 0 Å². The van der Waals surface area contributed by atoms with Crippen molar-refractivity contribution < 1.29 is 0 Å². The molecule has 0 spiro atoms. The van der Waals surface area contributed by atoms with Gasteiger partial charge in [0.15, 0.2) is 0 Å². The number of rotatable bonds is 7. The molecule has 0 radical (unpaired) electrons. The van der Waals surface area contributed by atoms with Gasteiger partial charge < -0.3 is 5.32 Å². The number of nitrogens with one attached hydrogen (secondary N) is 2. The van der Waals surface area contributed by atoms with E-state index >= 15 is 0 Å². The first kappa shape index (κ1) is 13.6. The van der Waals surface area contributed by atoms with E-state index in [1.165, 1.54) is 22.6 Å². The second kappa shape index (κ2) is 6.97. The maximum Gasteiger partial charge on any atom is 0.0794 e. The predicted molar refractivity (Wildman–Crippen MR) is 81.2 cm³/mol. The zero-order valence-corrected chi connectivity index (χ0v) is 12.4. The third-order valence-electron chi connectivity index (χ3n) is 2.88. The van der Waals surface area contributed by atoms with Crippen molar-refractivity contribution >= 4 is 23.1 Å². The van der Waals surface area contributed by atoms with Crippen molar-refractivity contribution in [2.24, 2.45) is 0 Å². The van der Waals surface area contributed by atoms with Crippen LogP contribution in [0.5, 0.6) is 0 Å². The molecule has 0 aromatic carbocycles. The highest BCUT2D eigenvalue weighted by Gasteiger charge is 2.09. The van der Waals surface area contributed by atoms with E-state index in [0.717, 1.165) is 12.2 Å². The van der Waals surface area contributed by atoms with Crippen LogP contribution in [0.15, 0.2) is 23.7 Å². The summed E-state index contributed by atoms with van der Waals surface area (Å²) in [5.74, 6) is 1.21. The van der Waals surface area contributed by atoms with Gasteiger partial charge >= 0.3 is 0 Å². The van der Waals surface area contributed by atoms with Gasteiger partial charge in [-0.15, -0.1) is 11.3 Å². The molecule has 2 aromatic heterocycles. The highest BCUT2D eigenvalue weighted by Crippen LogP contribution is 2.25. The van der Waals surface area contributed by atoms with Crippen LogP contribution in [0.1, 0.15) is 18.9 Å². The first-order valence-corrected chi connectivity index (χ1v) is 8.37. The van der Waals surface area contributed by atoms with Crippen LogP contribution >= 0.6 is 23.1 Å². The molecule has 2 heterocycles.